The van der Waals surface area contributed by atoms with Crippen molar-refractivity contribution in [2.24, 2.45) is 5.92 Å². The molecule has 206 valence electrons. The second kappa shape index (κ2) is 10.2. The molecule has 2 aromatic carbocycles. The Hall–Kier alpha value is -4.04. The molecule has 2 N–H and O–H groups in total. The van der Waals surface area contributed by atoms with Crippen LogP contribution in [0.2, 0.25) is 0 Å². The number of rotatable bonds is 6. The van der Waals surface area contributed by atoms with E-state index < -0.39 is 5.41 Å². The summed E-state index contributed by atoms with van der Waals surface area (Å²) >= 11 is 0. The second-order valence-electron chi connectivity index (χ2n) is 11.8. The number of piperazine rings is 1. The Morgan fingerprint density at radius 1 is 1.07 bits per heavy atom. The van der Waals surface area contributed by atoms with E-state index in [2.05, 4.69) is 34.4 Å². The number of benzene rings is 2. The number of carbonyl (C=O) groups is 3. The number of pyridine rings is 1. The van der Waals surface area contributed by atoms with E-state index in [9.17, 15) is 14.4 Å². The van der Waals surface area contributed by atoms with Gasteiger partial charge >= 0.3 is 0 Å². The molecule has 3 aromatic rings. The Bertz CT molecular complexity index is 1470. The number of aromatic nitrogens is 1. The third kappa shape index (κ3) is 4.56. The largest absolute Gasteiger partial charge is 0.325 e. The summed E-state index contributed by atoms with van der Waals surface area (Å²) in [6.07, 6.45) is 3.59. The van der Waals surface area contributed by atoms with Gasteiger partial charge in [-0.1, -0.05) is 56.3 Å². The van der Waals surface area contributed by atoms with Gasteiger partial charge in [-0.25, -0.2) is 4.98 Å². The van der Waals surface area contributed by atoms with Gasteiger partial charge < -0.3 is 15.5 Å². The molecular weight excluding hydrogens is 502 g/mol. The lowest BCUT2D eigenvalue weighted by molar-refractivity contribution is -0.148. The maximum atomic E-state index is 13.7. The molecule has 0 saturated carbocycles. The molecule has 8 heteroatoms. The van der Waals surface area contributed by atoms with E-state index in [1.165, 1.54) is 0 Å². The minimum Gasteiger partial charge on any atom is -0.325 e. The van der Waals surface area contributed by atoms with Crippen LogP contribution in [0.25, 0.3) is 0 Å². The molecule has 0 unspecified atom stereocenters. The van der Waals surface area contributed by atoms with Crippen molar-refractivity contribution in [3.8, 4) is 0 Å². The molecule has 3 heterocycles. The molecular formula is C32H35N5O3. The molecule has 6 rings (SSSR count). The van der Waals surface area contributed by atoms with Gasteiger partial charge in [-0.3, -0.25) is 19.3 Å². The average Bonchev–Trinajstić information content (AvgIpc) is 3.45. The minimum absolute atomic E-state index is 0.0122. The van der Waals surface area contributed by atoms with Crippen LogP contribution in [0, 0.1) is 5.92 Å². The van der Waals surface area contributed by atoms with Gasteiger partial charge in [-0.15, -0.1) is 0 Å². The van der Waals surface area contributed by atoms with E-state index in [4.69, 9.17) is 0 Å². The van der Waals surface area contributed by atoms with E-state index in [0.717, 1.165) is 28.7 Å². The van der Waals surface area contributed by atoms with Gasteiger partial charge in [0.05, 0.1) is 17.5 Å². The Kier molecular flexibility index (Phi) is 6.66. The lowest BCUT2D eigenvalue weighted by Gasteiger charge is -2.44. The summed E-state index contributed by atoms with van der Waals surface area (Å²) in [6, 6.07) is 19.1. The molecule has 1 saturated heterocycles. The van der Waals surface area contributed by atoms with Crippen molar-refractivity contribution in [2.75, 3.05) is 30.8 Å². The summed E-state index contributed by atoms with van der Waals surface area (Å²) in [7, 11) is 1.99. The highest BCUT2D eigenvalue weighted by Gasteiger charge is 2.51. The van der Waals surface area contributed by atoms with Crippen molar-refractivity contribution >= 4 is 29.2 Å². The molecule has 2 aliphatic heterocycles. The van der Waals surface area contributed by atoms with Gasteiger partial charge in [0.15, 0.2) is 0 Å². The zero-order valence-corrected chi connectivity index (χ0v) is 23.2. The predicted molar refractivity (Wildman–Crippen MR) is 154 cm³/mol. The fourth-order valence-electron chi connectivity index (χ4n) is 6.61. The Morgan fingerprint density at radius 2 is 1.85 bits per heavy atom. The molecule has 0 radical (unpaired) electrons. The highest BCUT2D eigenvalue weighted by molar-refractivity contribution is 6.06. The maximum absolute atomic E-state index is 13.7. The number of likely N-dealkylation sites (N-methyl/N-ethyl adjacent to an activating group) is 1. The summed E-state index contributed by atoms with van der Waals surface area (Å²) in [5, 5.41) is 5.97. The quantitative estimate of drug-likeness (QED) is 0.497. The maximum Gasteiger partial charge on any atom is 0.244 e. The summed E-state index contributed by atoms with van der Waals surface area (Å²) in [5.74, 6) is 0.721. The molecule has 1 aliphatic carbocycles. The predicted octanol–water partition coefficient (Wildman–Crippen LogP) is 3.94. The van der Waals surface area contributed by atoms with Crippen LogP contribution in [0.3, 0.4) is 0 Å². The van der Waals surface area contributed by atoms with E-state index in [1.807, 2.05) is 67.7 Å². The topological polar surface area (TPSA) is 94.6 Å². The monoisotopic (exact) mass is 537 g/mol. The van der Waals surface area contributed by atoms with Crippen molar-refractivity contribution in [1.82, 2.24) is 14.8 Å². The Labute approximate surface area is 234 Å². The second-order valence-corrected chi connectivity index (χ2v) is 11.8. The number of nitrogens with zero attached hydrogens (tertiary/aromatic N) is 3. The average molecular weight is 538 g/mol. The van der Waals surface area contributed by atoms with Crippen LogP contribution in [-0.4, -0.2) is 58.7 Å². The van der Waals surface area contributed by atoms with Crippen LogP contribution < -0.4 is 10.6 Å². The fourth-order valence-corrected chi connectivity index (χ4v) is 6.61. The normalized spacial score (nSPS) is 23.9. The van der Waals surface area contributed by atoms with Crippen molar-refractivity contribution in [3.63, 3.8) is 0 Å². The molecule has 3 aliphatic rings. The lowest BCUT2D eigenvalue weighted by atomic mass is 9.79. The first kappa shape index (κ1) is 26.2. The highest BCUT2D eigenvalue weighted by Crippen LogP contribution is 2.47. The number of hydrogen-bond acceptors (Lipinski definition) is 5. The molecule has 40 heavy (non-hydrogen) atoms. The van der Waals surface area contributed by atoms with Crippen LogP contribution in [0.1, 0.15) is 48.6 Å². The number of amides is 3. The first-order chi connectivity index (χ1) is 19.2. The van der Waals surface area contributed by atoms with Crippen LogP contribution >= 0.6 is 0 Å². The third-order valence-corrected chi connectivity index (χ3v) is 8.59. The molecule has 0 bridgehead atoms. The third-order valence-electron chi connectivity index (χ3n) is 8.59. The zero-order chi connectivity index (χ0) is 28.0. The summed E-state index contributed by atoms with van der Waals surface area (Å²) < 4.78 is 0. The smallest absolute Gasteiger partial charge is 0.244 e. The number of carbonyl (C=O) groups excluding carboxylic acids is 3. The van der Waals surface area contributed by atoms with E-state index in [0.29, 0.717) is 36.8 Å². The van der Waals surface area contributed by atoms with Gasteiger partial charge in [0.25, 0.3) is 0 Å². The lowest BCUT2D eigenvalue weighted by Crippen LogP contribution is -2.58. The number of nitrogens with one attached hydrogen (secondary N) is 2. The highest BCUT2D eigenvalue weighted by atomic mass is 16.2. The van der Waals surface area contributed by atoms with Crippen molar-refractivity contribution in [3.05, 3.63) is 89.1 Å². The van der Waals surface area contributed by atoms with Gasteiger partial charge in [0.1, 0.15) is 12.4 Å². The molecule has 3 atom stereocenters. The fraction of sp³-hybridized carbons (Fsp3) is 0.375. The Morgan fingerprint density at radius 3 is 2.62 bits per heavy atom. The molecule has 1 fully saturated rings. The molecule has 3 amide bonds. The zero-order valence-electron chi connectivity index (χ0n) is 23.2. The van der Waals surface area contributed by atoms with Crippen LogP contribution in [0.15, 0.2) is 66.9 Å². The number of fused-ring (bicyclic) bond motifs is 3. The van der Waals surface area contributed by atoms with Gasteiger partial charge in [-0.05, 0) is 67.1 Å². The van der Waals surface area contributed by atoms with Gasteiger partial charge in [-0.2, -0.15) is 0 Å². The standard InChI is InChI=1S/C32H35N5O3/c1-20(2)14-26-30(39)37(27(18-36(26)3)21-8-5-4-6-9-21)19-28(38)34-24-12-11-22-16-32(17-23(22)15-24)25-10-7-13-33-29(25)35-31(32)40/h4-13,15,20,26-27H,14,16-19H2,1-3H3,(H,34,38)(H,33,35,40)/t26-,27-,32-/m1/s1. The van der Waals surface area contributed by atoms with E-state index in [1.54, 1.807) is 11.1 Å². The number of hydrogen-bond donors (Lipinski definition) is 2. The summed E-state index contributed by atoms with van der Waals surface area (Å²) in [4.78, 5) is 48.4. The number of anilines is 2. The molecule has 1 aromatic heterocycles. The Balaban J connectivity index is 1.21. The first-order valence-electron chi connectivity index (χ1n) is 14.0. The summed E-state index contributed by atoms with van der Waals surface area (Å²) in [6.45, 7) is 4.87. The van der Waals surface area contributed by atoms with Crippen molar-refractivity contribution < 1.29 is 14.4 Å². The van der Waals surface area contributed by atoms with Crippen molar-refractivity contribution in [1.29, 1.82) is 0 Å². The first-order valence-corrected chi connectivity index (χ1v) is 14.0. The summed E-state index contributed by atoms with van der Waals surface area (Å²) in [5.41, 5.74) is 4.10. The van der Waals surface area contributed by atoms with Crippen LogP contribution in [0.5, 0.6) is 0 Å². The molecule has 8 nitrogen and oxygen atoms in total. The van der Waals surface area contributed by atoms with Gasteiger partial charge in [0, 0.05) is 24.0 Å². The van der Waals surface area contributed by atoms with Crippen LogP contribution in [-0.2, 0) is 32.6 Å². The van der Waals surface area contributed by atoms with E-state index >= 15 is 0 Å². The minimum atomic E-state index is -0.658. The van der Waals surface area contributed by atoms with E-state index in [-0.39, 0.29) is 36.3 Å². The van der Waals surface area contributed by atoms with Crippen molar-refractivity contribution in [2.45, 2.75) is 50.6 Å². The SMILES string of the molecule is CC(C)C[C@@H]1C(=O)N(CC(=O)Nc2ccc3c(c2)C[C@@]2(C3)C(=O)Nc3ncccc32)[C@@H](c2ccccc2)CN1C. The van der Waals surface area contributed by atoms with Gasteiger partial charge in [0.2, 0.25) is 17.7 Å². The molecule has 1 spiro atoms. The van der Waals surface area contributed by atoms with Crippen LogP contribution in [0.4, 0.5) is 11.5 Å².